The van der Waals surface area contributed by atoms with Gasteiger partial charge in [0.15, 0.2) is 0 Å². The van der Waals surface area contributed by atoms with Gasteiger partial charge in [-0.05, 0) is 5.41 Å². The molecule has 0 aromatic heterocycles. The Bertz CT molecular complexity index is 154. The first kappa shape index (κ1) is 14.5. The van der Waals surface area contributed by atoms with E-state index in [-0.39, 0.29) is 0 Å². The number of carboxylic acid groups (broad SMARTS) is 2. The third-order valence-corrected chi connectivity index (χ3v) is 2.10. The molecule has 4 nitrogen and oxygen atoms in total. The Morgan fingerprint density at radius 1 is 1.00 bits per heavy atom. The van der Waals surface area contributed by atoms with Crippen LogP contribution in [0.3, 0.4) is 0 Å². The molecule has 13 heavy (non-hydrogen) atoms. The first-order chi connectivity index (χ1) is 5.76. The molecule has 78 valence electrons. The summed E-state index contributed by atoms with van der Waals surface area (Å²) in [6, 6.07) is 0. The van der Waals surface area contributed by atoms with Crippen LogP contribution in [0.1, 0.15) is 40.5 Å². The highest BCUT2D eigenvalue weighted by molar-refractivity contribution is 6.27. The summed E-state index contributed by atoms with van der Waals surface area (Å²) in [5, 5.41) is 14.8. The number of carboxylic acids is 2. The minimum Gasteiger partial charge on any atom is -0.473 e. The van der Waals surface area contributed by atoms with E-state index in [0.29, 0.717) is 5.41 Å². The third kappa shape index (κ3) is 10.9. The first-order valence-electron chi connectivity index (χ1n) is 4.23. The van der Waals surface area contributed by atoms with Crippen LogP contribution in [0.15, 0.2) is 0 Å². The van der Waals surface area contributed by atoms with Crippen LogP contribution in [-0.4, -0.2) is 22.2 Å². The van der Waals surface area contributed by atoms with Gasteiger partial charge < -0.3 is 10.2 Å². The molecule has 0 radical (unpaired) electrons. The lowest BCUT2D eigenvalue weighted by molar-refractivity contribution is -0.159. The quantitative estimate of drug-likeness (QED) is 0.653. The molecule has 0 aromatic carbocycles. The molecule has 0 aliphatic rings. The number of hydrogen-bond donors (Lipinski definition) is 2. The summed E-state index contributed by atoms with van der Waals surface area (Å²) in [5.74, 6) is -3.65. The maximum atomic E-state index is 9.10. The van der Waals surface area contributed by atoms with Crippen molar-refractivity contribution in [3.63, 3.8) is 0 Å². The van der Waals surface area contributed by atoms with Crippen molar-refractivity contribution in [3.05, 3.63) is 0 Å². The Hall–Kier alpha value is -1.06. The molecule has 0 saturated carbocycles. The predicted molar refractivity (Wildman–Crippen MR) is 49.6 cm³/mol. The van der Waals surface area contributed by atoms with Crippen molar-refractivity contribution in [2.24, 2.45) is 5.41 Å². The van der Waals surface area contributed by atoms with Crippen molar-refractivity contribution in [1.82, 2.24) is 0 Å². The molecular weight excluding hydrogens is 172 g/mol. The number of aliphatic carboxylic acids is 2. The molecule has 0 unspecified atom stereocenters. The summed E-state index contributed by atoms with van der Waals surface area (Å²) < 4.78 is 0. The fraction of sp³-hybridized carbons (Fsp3) is 0.778. The molecule has 0 bridgehead atoms. The molecule has 0 aromatic rings. The fourth-order valence-corrected chi connectivity index (χ4v) is 0.250. The largest absolute Gasteiger partial charge is 0.473 e. The van der Waals surface area contributed by atoms with E-state index in [1.165, 1.54) is 12.8 Å². The molecular formula is C9H18O4. The van der Waals surface area contributed by atoms with Crippen molar-refractivity contribution in [1.29, 1.82) is 0 Å². The Balaban J connectivity index is 0. The van der Waals surface area contributed by atoms with Gasteiger partial charge >= 0.3 is 11.9 Å². The zero-order valence-electron chi connectivity index (χ0n) is 8.63. The van der Waals surface area contributed by atoms with Crippen molar-refractivity contribution in [3.8, 4) is 0 Å². The minimum absolute atomic E-state index is 0.583. The zero-order valence-corrected chi connectivity index (χ0v) is 8.63. The van der Waals surface area contributed by atoms with Crippen molar-refractivity contribution >= 4 is 11.9 Å². The number of rotatable bonds is 2. The average molecular weight is 190 g/mol. The van der Waals surface area contributed by atoms with Crippen molar-refractivity contribution < 1.29 is 19.8 Å². The lowest BCUT2D eigenvalue weighted by Crippen LogP contribution is -2.09. The van der Waals surface area contributed by atoms with Crippen LogP contribution in [0.25, 0.3) is 0 Å². The fourth-order valence-electron chi connectivity index (χ4n) is 0.250. The van der Waals surface area contributed by atoms with Gasteiger partial charge in [-0.2, -0.15) is 0 Å². The Kier molecular flexibility index (Phi) is 7.18. The van der Waals surface area contributed by atoms with Gasteiger partial charge in [0.05, 0.1) is 0 Å². The molecule has 0 aliphatic carbocycles. The Labute approximate surface area is 78.6 Å². The molecule has 0 saturated heterocycles. The van der Waals surface area contributed by atoms with E-state index in [1.807, 2.05) is 0 Å². The summed E-state index contributed by atoms with van der Waals surface area (Å²) in [6.07, 6.45) is 2.59. The van der Waals surface area contributed by atoms with Crippen LogP contribution in [0.2, 0.25) is 0 Å². The smallest absolute Gasteiger partial charge is 0.414 e. The van der Waals surface area contributed by atoms with Crippen LogP contribution in [-0.2, 0) is 9.59 Å². The predicted octanol–water partition coefficient (Wildman–Crippen LogP) is 1.99. The molecule has 0 fully saturated rings. The van der Waals surface area contributed by atoms with Crippen molar-refractivity contribution in [2.45, 2.75) is 40.5 Å². The van der Waals surface area contributed by atoms with Gasteiger partial charge in [-0.15, -0.1) is 0 Å². The summed E-state index contributed by atoms with van der Waals surface area (Å²) in [6.45, 7) is 9.08. The standard InChI is InChI=1S/C7H16.C2H2O4/c1-5-7(3,4)6-2;3-1(4)2(5)6/h5-6H2,1-4H3;(H,3,4)(H,5,6). The van der Waals surface area contributed by atoms with Crippen LogP contribution in [0.4, 0.5) is 0 Å². The lowest BCUT2D eigenvalue weighted by Gasteiger charge is -2.18. The van der Waals surface area contributed by atoms with Crippen LogP contribution >= 0.6 is 0 Å². The average Bonchev–Trinajstić information content (AvgIpc) is 2.05. The normalized spacial score (nSPS) is 9.85. The lowest BCUT2D eigenvalue weighted by atomic mass is 9.88. The monoisotopic (exact) mass is 190 g/mol. The van der Waals surface area contributed by atoms with E-state index < -0.39 is 11.9 Å². The number of hydrogen-bond acceptors (Lipinski definition) is 2. The van der Waals surface area contributed by atoms with Gasteiger partial charge in [-0.1, -0.05) is 40.5 Å². The van der Waals surface area contributed by atoms with E-state index in [4.69, 9.17) is 19.8 Å². The van der Waals surface area contributed by atoms with Gasteiger partial charge in [-0.3, -0.25) is 0 Å². The van der Waals surface area contributed by atoms with E-state index in [0.717, 1.165) is 0 Å². The van der Waals surface area contributed by atoms with Crippen molar-refractivity contribution in [2.75, 3.05) is 0 Å². The summed E-state index contributed by atoms with van der Waals surface area (Å²) >= 11 is 0. The van der Waals surface area contributed by atoms with Crippen LogP contribution < -0.4 is 0 Å². The second kappa shape index (κ2) is 6.46. The summed E-state index contributed by atoms with van der Waals surface area (Å²) in [7, 11) is 0. The Morgan fingerprint density at radius 3 is 1.23 bits per heavy atom. The topological polar surface area (TPSA) is 74.6 Å². The van der Waals surface area contributed by atoms with Crippen LogP contribution in [0.5, 0.6) is 0 Å². The van der Waals surface area contributed by atoms with E-state index in [2.05, 4.69) is 27.7 Å². The van der Waals surface area contributed by atoms with E-state index >= 15 is 0 Å². The van der Waals surface area contributed by atoms with Gasteiger partial charge in [0, 0.05) is 0 Å². The maximum Gasteiger partial charge on any atom is 0.414 e. The highest BCUT2D eigenvalue weighted by atomic mass is 16.4. The molecule has 0 aliphatic heterocycles. The third-order valence-electron chi connectivity index (χ3n) is 2.10. The van der Waals surface area contributed by atoms with Gasteiger partial charge in [0.2, 0.25) is 0 Å². The minimum atomic E-state index is -1.82. The molecule has 0 spiro atoms. The second-order valence-corrected chi connectivity index (χ2v) is 3.48. The van der Waals surface area contributed by atoms with E-state index in [9.17, 15) is 0 Å². The summed E-state index contributed by atoms with van der Waals surface area (Å²) in [5.41, 5.74) is 0.583. The highest BCUT2D eigenvalue weighted by Crippen LogP contribution is 2.22. The maximum absolute atomic E-state index is 9.10. The van der Waals surface area contributed by atoms with Crippen LogP contribution in [0, 0.1) is 5.41 Å². The molecule has 2 N–H and O–H groups in total. The molecule has 0 rings (SSSR count). The summed E-state index contributed by atoms with van der Waals surface area (Å²) in [4.78, 5) is 18.2. The Morgan fingerprint density at radius 2 is 1.23 bits per heavy atom. The second-order valence-electron chi connectivity index (χ2n) is 3.48. The van der Waals surface area contributed by atoms with Gasteiger partial charge in [0.25, 0.3) is 0 Å². The highest BCUT2D eigenvalue weighted by Gasteiger charge is 2.09. The first-order valence-corrected chi connectivity index (χ1v) is 4.23. The van der Waals surface area contributed by atoms with Gasteiger partial charge in [-0.25, -0.2) is 9.59 Å². The molecule has 0 atom stereocenters. The SMILES string of the molecule is CCC(C)(C)CC.O=C(O)C(=O)O. The zero-order chi connectivity index (χ0) is 11.1. The van der Waals surface area contributed by atoms with E-state index in [1.54, 1.807) is 0 Å². The van der Waals surface area contributed by atoms with Gasteiger partial charge in [0.1, 0.15) is 0 Å². The molecule has 0 amide bonds. The molecule has 0 heterocycles. The molecule has 4 heteroatoms. The number of carbonyl (C=O) groups is 2.